The van der Waals surface area contributed by atoms with Crippen LogP contribution in [0.4, 0.5) is 0 Å². The molecule has 0 aromatic heterocycles. The summed E-state index contributed by atoms with van der Waals surface area (Å²) in [6, 6.07) is 12.9. The first kappa shape index (κ1) is 20.3. The number of hydrogen-bond donors (Lipinski definition) is 0. The number of esters is 1. The monoisotopic (exact) mass is 488 g/mol. The normalized spacial score (nSPS) is 18.1. The Hall–Kier alpha value is -2.41. The number of halogens is 1. The van der Waals surface area contributed by atoms with E-state index < -0.39 is 11.4 Å². The Labute approximate surface area is 178 Å². The van der Waals surface area contributed by atoms with Crippen molar-refractivity contribution in [3.63, 3.8) is 0 Å². The van der Waals surface area contributed by atoms with Gasteiger partial charge in [-0.25, -0.2) is 0 Å². The second-order valence-corrected chi connectivity index (χ2v) is 7.92. The van der Waals surface area contributed by atoms with Crippen LogP contribution in [0.25, 0.3) is 5.57 Å². The molecule has 5 heteroatoms. The summed E-state index contributed by atoms with van der Waals surface area (Å²) < 4.78 is 11.5. The summed E-state index contributed by atoms with van der Waals surface area (Å²) in [6.07, 6.45) is 1.85. The van der Waals surface area contributed by atoms with E-state index in [1.165, 1.54) is 13.2 Å². The first-order valence-corrected chi connectivity index (χ1v) is 9.85. The number of methoxy groups -OCH3 is 2. The number of rotatable bonds is 5. The minimum atomic E-state index is -1.08. The van der Waals surface area contributed by atoms with Crippen LogP contribution >= 0.6 is 22.6 Å². The van der Waals surface area contributed by atoms with Gasteiger partial charge in [0.15, 0.2) is 5.78 Å². The maximum Gasteiger partial charge on any atom is 0.320 e. The molecule has 0 spiro atoms. The van der Waals surface area contributed by atoms with E-state index in [0.717, 1.165) is 20.5 Å². The second kappa shape index (κ2) is 7.91. The molecule has 0 fully saturated rings. The van der Waals surface area contributed by atoms with Gasteiger partial charge in [0, 0.05) is 9.13 Å². The molecule has 3 rings (SSSR count). The minimum Gasteiger partial charge on any atom is -0.497 e. The standard InChI is InChI=1S/C23H21IO4/c1-14(17-10-9-16(27-3)12-20(17)24)13-23(22(26)28-4)15(2)11-21(25)18-7-5-6-8-19(18)23/h5-12H,1,13H2,2-4H3. The van der Waals surface area contributed by atoms with E-state index in [-0.39, 0.29) is 5.78 Å². The van der Waals surface area contributed by atoms with Gasteiger partial charge >= 0.3 is 5.97 Å². The molecule has 0 heterocycles. The molecule has 0 aliphatic heterocycles. The van der Waals surface area contributed by atoms with Crippen molar-refractivity contribution in [2.24, 2.45) is 0 Å². The molecule has 0 radical (unpaired) electrons. The highest BCUT2D eigenvalue weighted by atomic mass is 127. The van der Waals surface area contributed by atoms with Crippen LogP contribution in [0.1, 0.15) is 34.8 Å². The number of ketones is 1. The van der Waals surface area contributed by atoms with E-state index in [2.05, 4.69) is 29.2 Å². The smallest absolute Gasteiger partial charge is 0.320 e. The third kappa shape index (κ3) is 3.28. The number of fused-ring (bicyclic) bond motifs is 1. The lowest BCUT2D eigenvalue weighted by Gasteiger charge is -2.37. The Morgan fingerprint density at radius 2 is 1.89 bits per heavy atom. The van der Waals surface area contributed by atoms with Crippen LogP contribution in [0.15, 0.2) is 60.7 Å². The lowest BCUT2D eigenvalue weighted by Crippen LogP contribution is -2.42. The molecule has 1 aliphatic carbocycles. The van der Waals surface area contributed by atoms with Crippen LogP contribution in [0.3, 0.4) is 0 Å². The van der Waals surface area contributed by atoms with Crippen LogP contribution in [0.2, 0.25) is 0 Å². The average molecular weight is 488 g/mol. The number of hydrogen-bond acceptors (Lipinski definition) is 4. The summed E-state index contributed by atoms with van der Waals surface area (Å²) in [5.41, 5.74) is 2.49. The summed E-state index contributed by atoms with van der Waals surface area (Å²) >= 11 is 2.23. The predicted octanol–water partition coefficient (Wildman–Crippen LogP) is 4.96. The van der Waals surface area contributed by atoms with Gasteiger partial charge in [-0.1, -0.05) is 30.8 Å². The zero-order valence-electron chi connectivity index (χ0n) is 16.0. The molecule has 0 saturated heterocycles. The van der Waals surface area contributed by atoms with Crippen LogP contribution in [0.5, 0.6) is 5.75 Å². The molecule has 2 aromatic carbocycles. The summed E-state index contributed by atoms with van der Waals surface area (Å²) in [5, 5.41) is 0. The van der Waals surface area contributed by atoms with Crippen molar-refractivity contribution >= 4 is 39.9 Å². The van der Waals surface area contributed by atoms with E-state index in [9.17, 15) is 9.59 Å². The molecule has 0 saturated carbocycles. The predicted molar refractivity (Wildman–Crippen MR) is 118 cm³/mol. The second-order valence-electron chi connectivity index (χ2n) is 6.76. The highest BCUT2D eigenvalue weighted by Crippen LogP contribution is 2.46. The summed E-state index contributed by atoms with van der Waals surface area (Å²) in [4.78, 5) is 25.6. The summed E-state index contributed by atoms with van der Waals surface area (Å²) in [7, 11) is 2.99. The Morgan fingerprint density at radius 3 is 2.54 bits per heavy atom. The van der Waals surface area contributed by atoms with Gasteiger partial charge in [0.1, 0.15) is 11.2 Å². The molecule has 0 amide bonds. The first-order valence-electron chi connectivity index (χ1n) is 8.78. The van der Waals surface area contributed by atoms with E-state index in [1.54, 1.807) is 26.2 Å². The number of benzene rings is 2. The van der Waals surface area contributed by atoms with Gasteiger partial charge < -0.3 is 9.47 Å². The van der Waals surface area contributed by atoms with Crippen molar-refractivity contribution in [1.82, 2.24) is 0 Å². The molecular weight excluding hydrogens is 467 g/mol. The van der Waals surface area contributed by atoms with Crippen molar-refractivity contribution in [3.8, 4) is 5.75 Å². The SMILES string of the molecule is C=C(CC1(C(=O)OC)C(C)=CC(=O)c2ccccc21)c1ccc(OC)cc1I. The largest absolute Gasteiger partial charge is 0.497 e. The lowest BCUT2D eigenvalue weighted by molar-refractivity contribution is -0.145. The first-order chi connectivity index (χ1) is 13.3. The number of carbonyl (C=O) groups is 2. The van der Waals surface area contributed by atoms with Gasteiger partial charge in [0.05, 0.1) is 14.2 Å². The van der Waals surface area contributed by atoms with Crippen molar-refractivity contribution in [1.29, 1.82) is 0 Å². The summed E-state index contributed by atoms with van der Waals surface area (Å²) in [5.74, 6) is 0.261. The fraction of sp³-hybridized carbons (Fsp3) is 0.217. The van der Waals surface area contributed by atoms with Crippen LogP contribution in [-0.4, -0.2) is 26.0 Å². The zero-order chi connectivity index (χ0) is 20.5. The topological polar surface area (TPSA) is 52.6 Å². The Kier molecular flexibility index (Phi) is 5.74. The fourth-order valence-corrected chi connectivity index (χ4v) is 4.63. The highest BCUT2D eigenvalue weighted by molar-refractivity contribution is 14.1. The number of ether oxygens (including phenoxy) is 2. The highest BCUT2D eigenvalue weighted by Gasteiger charge is 2.48. The van der Waals surface area contributed by atoms with Gasteiger partial charge in [-0.05, 0) is 82.5 Å². The molecule has 1 unspecified atom stereocenters. The van der Waals surface area contributed by atoms with Crippen LogP contribution in [0, 0.1) is 3.57 Å². The Bertz CT molecular complexity index is 1010. The Balaban J connectivity index is 2.14. The molecule has 1 aliphatic rings. The minimum absolute atomic E-state index is 0.0998. The van der Waals surface area contributed by atoms with E-state index in [0.29, 0.717) is 23.1 Å². The van der Waals surface area contributed by atoms with Crippen molar-refractivity contribution in [3.05, 3.63) is 81.0 Å². The van der Waals surface area contributed by atoms with Crippen LogP contribution in [-0.2, 0) is 14.9 Å². The van der Waals surface area contributed by atoms with E-state index >= 15 is 0 Å². The van der Waals surface area contributed by atoms with Crippen molar-refractivity contribution in [2.45, 2.75) is 18.8 Å². The zero-order valence-corrected chi connectivity index (χ0v) is 18.2. The fourth-order valence-electron chi connectivity index (χ4n) is 3.76. The molecule has 28 heavy (non-hydrogen) atoms. The third-order valence-corrected chi connectivity index (χ3v) is 6.14. The molecular formula is C23H21IO4. The van der Waals surface area contributed by atoms with Gasteiger partial charge in [-0.15, -0.1) is 0 Å². The molecule has 144 valence electrons. The lowest BCUT2D eigenvalue weighted by atomic mass is 9.65. The molecule has 4 nitrogen and oxygen atoms in total. The van der Waals surface area contributed by atoms with Gasteiger partial charge in [-0.3, -0.25) is 9.59 Å². The third-order valence-electron chi connectivity index (χ3n) is 5.24. The van der Waals surface area contributed by atoms with Crippen LogP contribution < -0.4 is 4.74 Å². The summed E-state index contributed by atoms with van der Waals surface area (Å²) in [6.45, 7) is 6.06. The van der Waals surface area contributed by atoms with Gasteiger partial charge in [0.2, 0.25) is 0 Å². The van der Waals surface area contributed by atoms with Crippen molar-refractivity contribution < 1.29 is 19.1 Å². The molecule has 1 atom stereocenters. The number of carbonyl (C=O) groups excluding carboxylic acids is 2. The maximum atomic E-state index is 13.1. The van der Waals surface area contributed by atoms with Gasteiger partial charge in [-0.2, -0.15) is 0 Å². The Morgan fingerprint density at radius 1 is 1.18 bits per heavy atom. The molecule has 0 N–H and O–H groups in total. The molecule has 2 aromatic rings. The van der Waals surface area contributed by atoms with Gasteiger partial charge in [0.25, 0.3) is 0 Å². The average Bonchev–Trinajstić information content (AvgIpc) is 2.70. The van der Waals surface area contributed by atoms with E-state index in [4.69, 9.17) is 9.47 Å². The molecule has 0 bridgehead atoms. The quantitative estimate of drug-likeness (QED) is 0.441. The van der Waals surface area contributed by atoms with E-state index in [1.807, 2.05) is 30.3 Å². The van der Waals surface area contributed by atoms with Crippen molar-refractivity contribution in [2.75, 3.05) is 14.2 Å². The maximum absolute atomic E-state index is 13.1. The number of allylic oxidation sites excluding steroid dienone is 2.